The van der Waals surface area contributed by atoms with Crippen LogP contribution in [-0.4, -0.2) is 27.8 Å². The standard InChI is InChI=1S/C20H20FN3O3/c1-13-9-17(21)16(10-15(13)20(25)26-3)19-22-18(23-24(19)2)12-27-11-14-7-5-4-6-8-14/h4-10H,11-12H2,1-3H3. The molecule has 0 saturated heterocycles. The molecule has 6 nitrogen and oxygen atoms in total. The minimum atomic E-state index is -0.526. The van der Waals surface area contributed by atoms with E-state index in [-0.39, 0.29) is 12.2 Å². The molecule has 0 saturated carbocycles. The molecule has 1 heterocycles. The van der Waals surface area contributed by atoms with Gasteiger partial charge >= 0.3 is 5.97 Å². The summed E-state index contributed by atoms with van der Waals surface area (Å²) in [5, 5.41) is 4.27. The molecule has 0 bridgehead atoms. The lowest BCUT2D eigenvalue weighted by atomic mass is 10.0. The van der Waals surface area contributed by atoms with Crippen LogP contribution in [0.2, 0.25) is 0 Å². The monoisotopic (exact) mass is 369 g/mol. The third kappa shape index (κ3) is 4.20. The summed E-state index contributed by atoms with van der Waals surface area (Å²) in [6, 6.07) is 12.5. The van der Waals surface area contributed by atoms with E-state index in [4.69, 9.17) is 9.47 Å². The van der Waals surface area contributed by atoms with Crippen molar-refractivity contribution in [2.75, 3.05) is 7.11 Å². The van der Waals surface area contributed by atoms with E-state index < -0.39 is 11.8 Å². The smallest absolute Gasteiger partial charge is 0.338 e. The van der Waals surface area contributed by atoms with Crippen LogP contribution in [0.5, 0.6) is 0 Å². The van der Waals surface area contributed by atoms with E-state index >= 15 is 0 Å². The number of methoxy groups -OCH3 is 1. The van der Waals surface area contributed by atoms with Crippen LogP contribution in [0.15, 0.2) is 42.5 Å². The van der Waals surface area contributed by atoms with Crippen LogP contribution in [0, 0.1) is 12.7 Å². The van der Waals surface area contributed by atoms with Crippen molar-refractivity contribution in [3.05, 3.63) is 70.8 Å². The number of benzene rings is 2. The van der Waals surface area contributed by atoms with Gasteiger partial charge in [-0.2, -0.15) is 5.10 Å². The first-order valence-corrected chi connectivity index (χ1v) is 8.40. The minimum Gasteiger partial charge on any atom is -0.465 e. The number of hydrogen-bond donors (Lipinski definition) is 0. The zero-order valence-electron chi connectivity index (χ0n) is 15.4. The summed E-state index contributed by atoms with van der Waals surface area (Å²) in [7, 11) is 2.95. The van der Waals surface area contributed by atoms with E-state index in [0.29, 0.717) is 29.4 Å². The average molecular weight is 369 g/mol. The molecule has 0 radical (unpaired) electrons. The SMILES string of the molecule is COC(=O)c1cc(-c2nc(COCc3ccccc3)nn2C)c(F)cc1C. The summed E-state index contributed by atoms with van der Waals surface area (Å²) < 4.78 is 26.3. The van der Waals surface area contributed by atoms with Crippen molar-refractivity contribution in [3.63, 3.8) is 0 Å². The van der Waals surface area contributed by atoms with Crippen molar-refractivity contribution in [3.8, 4) is 11.4 Å². The Hall–Kier alpha value is -3.06. The highest BCUT2D eigenvalue weighted by Crippen LogP contribution is 2.25. The lowest BCUT2D eigenvalue weighted by molar-refractivity contribution is 0.0600. The third-order valence-corrected chi connectivity index (χ3v) is 4.11. The molecule has 0 fully saturated rings. The van der Waals surface area contributed by atoms with Crippen LogP contribution in [0.4, 0.5) is 4.39 Å². The van der Waals surface area contributed by atoms with E-state index in [0.717, 1.165) is 5.56 Å². The van der Waals surface area contributed by atoms with Gasteiger partial charge in [0.05, 0.1) is 24.8 Å². The zero-order valence-corrected chi connectivity index (χ0v) is 15.4. The van der Waals surface area contributed by atoms with Crippen LogP contribution < -0.4 is 0 Å². The molecular formula is C20H20FN3O3. The first kappa shape index (κ1) is 18.7. The van der Waals surface area contributed by atoms with E-state index in [2.05, 4.69) is 10.1 Å². The van der Waals surface area contributed by atoms with E-state index in [1.807, 2.05) is 30.3 Å². The summed E-state index contributed by atoms with van der Waals surface area (Å²) in [6.07, 6.45) is 0. The number of aryl methyl sites for hydroxylation is 2. The van der Waals surface area contributed by atoms with Gasteiger partial charge in [-0.25, -0.2) is 18.9 Å². The predicted molar refractivity (Wildman–Crippen MR) is 97.4 cm³/mol. The largest absolute Gasteiger partial charge is 0.465 e. The topological polar surface area (TPSA) is 66.2 Å². The fourth-order valence-corrected chi connectivity index (χ4v) is 2.74. The molecule has 0 N–H and O–H groups in total. The maximum Gasteiger partial charge on any atom is 0.338 e. The third-order valence-electron chi connectivity index (χ3n) is 4.11. The zero-order chi connectivity index (χ0) is 19.4. The summed E-state index contributed by atoms with van der Waals surface area (Å²) in [4.78, 5) is 16.3. The van der Waals surface area contributed by atoms with Crippen LogP contribution in [0.1, 0.15) is 27.3 Å². The number of esters is 1. The van der Waals surface area contributed by atoms with Crippen LogP contribution in [0.3, 0.4) is 0 Å². The fraction of sp³-hybridized carbons (Fsp3) is 0.250. The highest BCUT2D eigenvalue weighted by atomic mass is 19.1. The van der Waals surface area contributed by atoms with Crippen LogP contribution >= 0.6 is 0 Å². The summed E-state index contributed by atoms with van der Waals surface area (Å²) in [5.74, 6) is -0.256. The lowest BCUT2D eigenvalue weighted by Gasteiger charge is -2.08. The molecule has 7 heteroatoms. The van der Waals surface area contributed by atoms with E-state index in [1.165, 1.54) is 23.9 Å². The second kappa shape index (κ2) is 8.09. The molecule has 2 aromatic carbocycles. The minimum absolute atomic E-state index is 0.185. The van der Waals surface area contributed by atoms with E-state index in [9.17, 15) is 9.18 Å². The number of nitrogens with zero attached hydrogens (tertiary/aromatic N) is 3. The van der Waals surface area contributed by atoms with Gasteiger partial charge in [-0.1, -0.05) is 30.3 Å². The Kier molecular flexibility index (Phi) is 5.61. The van der Waals surface area contributed by atoms with Crippen molar-refractivity contribution in [1.29, 1.82) is 0 Å². The predicted octanol–water partition coefficient (Wildman–Crippen LogP) is 3.43. The van der Waals surface area contributed by atoms with Crippen molar-refractivity contribution in [2.24, 2.45) is 7.05 Å². The molecule has 0 spiro atoms. The van der Waals surface area contributed by atoms with Gasteiger partial charge in [-0.05, 0) is 30.2 Å². The molecule has 0 aliphatic rings. The quantitative estimate of drug-likeness (QED) is 0.623. The van der Waals surface area contributed by atoms with Gasteiger partial charge in [0.1, 0.15) is 12.4 Å². The second-order valence-electron chi connectivity index (χ2n) is 6.09. The van der Waals surface area contributed by atoms with Gasteiger partial charge < -0.3 is 9.47 Å². The van der Waals surface area contributed by atoms with Gasteiger partial charge in [0, 0.05) is 7.05 Å². The Labute approximate surface area is 156 Å². The maximum absolute atomic E-state index is 14.5. The number of ether oxygens (including phenoxy) is 2. The van der Waals surface area contributed by atoms with Gasteiger partial charge in [0.15, 0.2) is 11.6 Å². The Balaban J connectivity index is 1.81. The van der Waals surface area contributed by atoms with Crippen molar-refractivity contribution >= 4 is 5.97 Å². The first-order valence-electron chi connectivity index (χ1n) is 8.40. The van der Waals surface area contributed by atoms with Gasteiger partial charge in [0.2, 0.25) is 0 Å². The number of halogens is 1. The number of carbonyl (C=O) groups excluding carboxylic acids is 1. The summed E-state index contributed by atoms with van der Waals surface area (Å²) in [5.41, 5.74) is 2.02. The van der Waals surface area contributed by atoms with E-state index in [1.54, 1.807) is 14.0 Å². The highest BCUT2D eigenvalue weighted by Gasteiger charge is 2.19. The molecule has 1 aromatic heterocycles. The summed E-state index contributed by atoms with van der Waals surface area (Å²) in [6.45, 7) is 2.28. The molecule has 140 valence electrons. The van der Waals surface area contributed by atoms with Crippen molar-refractivity contribution in [1.82, 2.24) is 14.8 Å². The maximum atomic E-state index is 14.5. The Morgan fingerprint density at radius 1 is 1.19 bits per heavy atom. The lowest BCUT2D eigenvalue weighted by Crippen LogP contribution is -2.06. The van der Waals surface area contributed by atoms with Crippen molar-refractivity contribution < 1.29 is 18.7 Å². The molecule has 0 aliphatic carbocycles. The van der Waals surface area contributed by atoms with Gasteiger partial charge in [0.25, 0.3) is 0 Å². The number of carbonyl (C=O) groups is 1. The number of hydrogen-bond acceptors (Lipinski definition) is 5. The Morgan fingerprint density at radius 3 is 2.63 bits per heavy atom. The first-order chi connectivity index (χ1) is 13.0. The fourth-order valence-electron chi connectivity index (χ4n) is 2.74. The molecule has 3 rings (SSSR count). The van der Waals surface area contributed by atoms with Crippen molar-refractivity contribution in [2.45, 2.75) is 20.1 Å². The molecule has 0 aliphatic heterocycles. The Morgan fingerprint density at radius 2 is 1.93 bits per heavy atom. The number of rotatable bonds is 6. The van der Waals surface area contributed by atoms with Crippen LogP contribution in [-0.2, 0) is 29.7 Å². The molecule has 27 heavy (non-hydrogen) atoms. The second-order valence-corrected chi connectivity index (χ2v) is 6.09. The number of aromatic nitrogens is 3. The molecular weight excluding hydrogens is 349 g/mol. The summed E-state index contributed by atoms with van der Waals surface area (Å²) >= 11 is 0. The molecule has 0 atom stereocenters. The normalized spacial score (nSPS) is 10.8. The highest BCUT2D eigenvalue weighted by molar-refractivity contribution is 5.92. The molecule has 0 amide bonds. The van der Waals surface area contributed by atoms with Gasteiger partial charge in [-0.3, -0.25) is 0 Å². The van der Waals surface area contributed by atoms with Crippen LogP contribution in [0.25, 0.3) is 11.4 Å². The Bertz CT molecular complexity index is 955. The molecule has 0 unspecified atom stereocenters. The van der Waals surface area contributed by atoms with Gasteiger partial charge in [-0.15, -0.1) is 0 Å². The molecule has 3 aromatic rings. The average Bonchev–Trinajstić information content (AvgIpc) is 3.02.